The zero-order chi connectivity index (χ0) is 22.6. The Morgan fingerprint density at radius 3 is 2.55 bits per heavy atom. The summed E-state index contributed by atoms with van der Waals surface area (Å²) in [5.74, 6) is -0.783. The molecule has 8 nitrogen and oxygen atoms in total. The van der Waals surface area contributed by atoms with Gasteiger partial charge in [0.2, 0.25) is 21.8 Å². The number of ether oxygens (including phenoxy) is 1. The Bertz CT molecular complexity index is 1070. The third-order valence-electron chi connectivity index (χ3n) is 5.12. The first-order chi connectivity index (χ1) is 14.7. The first kappa shape index (κ1) is 23.1. The summed E-state index contributed by atoms with van der Waals surface area (Å²) in [5, 5.41) is 3.02. The van der Waals surface area contributed by atoms with Crippen molar-refractivity contribution in [2.45, 2.75) is 24.2 Å². The first-order valence-electron chi connectivity index (χ1n) is 9.72. The van der Waals surface area contributed by atoms with Crippen LogP contribution in [0.3, 0.4) is 0 Å². The van der Waals surface area contributed by atoms with Gasteiger partial charge in [-0.25, -0.2) is 8.42 Å². The summed E-state index contributed by atoms with van der Waals surface area (Å²) in [6.45, 7) is 0.412. The summed E-state index contributed by atoms with van der Waals surface area (Å²) >= 11 is 6.09. The topological polar surface area (TPSA) is 119 Å². The number of amides is 2. The fraction of sp³-hybridized carbons (Fsp3) is 0.333. The first-order valence-corrected chi connectivity index (χ1v) is 11.5. The minimum Gasteiger partial charge on any atom is -0.495 e. The zero-order valence-electron chi connectivity index (χ0n) is 17.0. The second-order valence-corrected chi connectivity index (χ2v) is 9.67. The van der Waals surface area contributed by atoms with Crippen molar-refractivity contribution >= 4 is 39.1 Å². The smallest absolute Gasteiger partial charge is 0.243 e. The Morgan fingerprint density at radius 2 is 1.94 bits per heavy atom. The predicted molar refractivity (Wildman–Crippen MR) is 117 cm³/mol. The maximum Gasteiger partial charge on any atom is 0.243 e. The molecular weight excluding hydrogens is 442 g/mol. The minimum absolute atomic E-state index is 0.0596. The second-order valence-electron chi connectivity index (χ2n) is 7.33. The highest BCUT2D eigenvalue weighted by Crippen LogP contribution is 2.30. The van der Waals surface area contributed by atoms with E-state index in [1.54, 1.807) is 24.3 Å². The minimum atomic E-state index is -3.80. The van der Waals surface area contributed by atoms with Gasteiger partial charge in [-0.05, 0) is 48.7 Å². The summed E-state index contributed by atoms with van der Waals surface area (Å²) in [5.41, 5.74) is 6.50. The van der Waals surface area contributed by atoms with E-state index in [2.05, 4.69) is 5.32 Å². The van der Waals surface area contributed by atoms with Gasteiger partial charge in [0.05, 0.1) is 29.4 Å². The molecule has 0 aliphatic carbocycles. The number of nitrogens with two attached hydrogens (primary N) is 1. The van der Waals surface area contributed by atoms with Crippen LogP contribution in [-0.4, -0.2) is 44.7 Å². The molecule has 2 amide bonds. The van der Waals surface area contributed by atoms with E-state index in [0.717, 1.165) is 5.56 Å². The number of nitrogens with one attached hydrogen (secondary N) is 1. The van der Waals surface area contributed by atoms with Crippen molar-refractivity contribution in [2.24, 2.45) is 11.7 Å². The molecule has 0 bridgehead atoms. The van der Waals surface area contributed by atoms with Crippen molar-refractivity contribution in [3.05, 3.63) is 53.1 Å². The van der Waals surface area contributed by atoms with Crippen LogP contribution in [0.25, 0.3) is 0 Å². The molecule has 3 N–H and O–H groups in total. The van der Waals surface area contributed by atoms with Crippen LogP contribution >= 0.6 is 11.6 Å². The molecule has 1 aliphatic heterocycles. The quantitative estimate of drug-likeness (QED) is 0.650. The standard InChI is InChI=1S/C21H24ClN3O5S/c1-30-19-9-8-17(12-18(19)22)31(28,29)25-10-2-3-15(13-25)21(27)24-16-6-4-14(5-7-16)11-20(23)26/h4-9,12,15H,2-3,10-11,13H2,1H3,(H2,23,26)(H,24,27). The third-order valence-corrected chi connectivity index (χ3v) is 7.27. The molecule has 2 aromatic rings. The summed E-state index contributed by atoms with van der Waals surface area (Å²) in [4.78, 5) is 23.8. The molecule has 10 heteroatoms. The van der Waals surface area contributed by atoms with Gasteiger partial charge >= 0.3 is 0 Å². The summed E-state index contributed by atoms with van der Waals surface area (Å²) < 4.78 is 32.5. The highest BCUT2D eigenvalue weighted by molar-refractivity contribution is 7.89. The molecule has 0 radical (unpaired) electrons. The number of piperidine rings is 1. The lowest BCUT2D eigenvalue weighted by Gasteiger charge is -2.31. The van der Waals surface area contributed by atoms with Crippen molar-refractivity contribution in [2.75, 3.05) is 25.5 Å². The molecule has 2 aromatic carbocycles. The Labute approximate surface area is 186 Å². The molecular formula is C21H24ClN3O5S. The zero-order valence-corrected chi connectivity index (χ0v) is 18.6. The SMILES string of the molecule is COc1ccc(S(=O)(=O)N2CCCC(C(=O)Nc3ccc(CC(N)=O)cc3)C2)cc1Cl. The number of benzene rings is 2. The number of rotatable bonds is 7. The lowest BCUT2D eigenvalue weighted by Crippen LogP contribution is -2.43. The van der Waals surface area contributed by atoms with Crippen LogP contribution in [0.15, 0.2) is 47.4 Å². The predicted octanol–water partition coefficient (Wildman–Crippen LogP) is 2.42. The number of anilines is 1. The summed E-state index contributed by atoms with van der Waals surface area (Å²) in [7, 11) is -2.34. The van der Waals surface area contributed by atoms with Crippen molar-refractivity contribution in [1.29, 1.82) is 0 Å². The van der Waals surface area contributed by atoms with Gasteiger partial charge in [-0.1, -0.05) is 23.7 Å². The van der Waals surface area contributed by atoms with E-state index in [0.29, 0.717) is 30.8 Å². The van der Waals surface area contributed by atoms with Gasteiger partial charge in [0, 0.05) is 18.8 Å². The molecule has 0 spiro atoms. The molecule has 0 saturated carbocycles. The van der Waals surface area contributed by atoms with Gasteiger partial charge in [-0.15, -0.1) is 0 Å². The lowest BCUT2D eigenvalue weighted by atomic mass is 9.98. The van der Waals surface area contributed by atoms with E-state index in [9.17, 15) is 18.0 Å². The van der Waals surface area contributed by atoms with Gasteiger partial charge < -0.3 is 15.8 Å². The highest BCUT2D eigenvalue weighted by Gasteiger charge is 2.33. The molecule has 166 valence electrons. The molecule has 0 aromatic heterocycles. The van der Waals surface area contributed by atoms with E-state index in [4.69, 9.17) is 22.1 Å². The normalized spacial score (nSPS) is 17.2. The molecule has 1 saturated heterocycles. The molecule has 31 heavy (non-hydrogen) atoms. The van der Waals surface area contributed by atoms with Gasteiger partial charge in [0.1, 0.15) is 5.75 Å². The molecule has 1 fully saturated rings. The van der Waals surface area contributed by atoms with E-state index in [1.165, 1.54) is 29.6 Å². The van der Waals surface area contributed by atoms with Gasteiger partial charge in [-0.3, -0.25) is 9.59 Å². The largest absolute Gasteiger partial charge is 0.495 e. The van der Waals surface area contributed by atoms with Gasteiger partial charge in [0.15, 0.2) is 0 Å². The number of hydrogen-bond acceptors (Lipinski definition) is 5. The third kappa shape index (κ3) is 5.55. The van der Waals surface area contributed by atoms with Crippen molar-refractivity contribution in [1.82, 2.24) is 4.31 Å². The average Bonchev–Trinajstić information content (AvgIpc) is 2.74. The highest BCUT2D eigenvalue weighted by atomic mass is 35.5. The van der Waals surface area contributed by atoms with Crippen LogP contribution < -0.4 is 15.8 Å². The summed E-state index contributed by atoms with van der Waals surface area (Å²) in [6, 6.07) is 11.1. The molecule has 1 heterocycles. The van der Waals surface area contributed by atoms with Crippen LogP contribution in [0.2, 0.25) is 5.02 Å². The van der Waals surface area contributed by atoms with Gasteiger partial charge in [0.25, 0.3) is 0 Å². The van der Waals surface area contributed by atoms with Crippen molar-refractivity contribution in [3.63, 3.8) is 0 Å². The van der Waals surface area contributed by atoms with E-state index < -0.39 is 21.8 Å². The average molecular weight is 466 g/mol. The van der Waals surface area contributed by atoms with Crippen LogP contribution in [0.1, 0.15) is 18.4 Å². The molecule has 1 unspecified atom stereocenters. The van der Waals surface area contributed by atoms with Crippen LogP contribution in [0, 0.1) is 5.92 Å². The maximum atomic E-state index is 13.0. The number of halogens is 1. The monoisotopic (exact) mass is 465 g/mol. The van der Waals surface area contributed by atoms with Crippen LogP contribution in [-0.2, 0) is 26.0 Å². The van der Waals surface area contributed by atoms with Crippen LogP contribution in [0.4, 0.5) is 5.69 Å². The second kappa shape index (κ2) is 9.67. The van der Waals surface area contributed by atoms with Crippen molar-refractivity contribution in [3.8, 4) is 5.75 Å². The number of carbonyl (C=O) groups excluding carboxylic acids is 2. The van der Waals surface area contributed by atoms with Crippen molar-refractivity contribution < 1.29 is 22.7 Å². The van der Waals surface area contributed by atoms with Gasteiger partial charge in [-0.2, -0.15) is 4.31 Å². The maximum absolute atomic E-state index is 13.0. The van der Waals surface area contributed by atoms with E-state index in [1.807, 2.05) is 0 Å². The Morgan fingerprint density at radius 1 is 1.23 bits per heavy atom. The van der Waals surface area contributed by atoms with E-state index in [-0.39, 0.29) is 28.8 Å². The Hall–Kier alpha value is -2.62. The molecule has 3 rings (SSSR count). The summed E-state index contributed by atoms with van der Waals surface area (Å²) in [6.07, 6.45) is 1.28. The fourth-order valence-corrected chi connectivity index (χ4v) is 5.36. The number of nitrogens with zero attached hydrogens (tertiary/aromatic N) is 1. The number of carbonyl (C=O) groups is 2. The fourth-order valence-electron chi connectivity index (χ4n) is 3.48. The Balaban J connectivity index is 1.68. The number of hydrogen-bond donors (Lipinski definition) is 2. The number of sulfonamides is 1. The molecule has 1 aliphatic rings. The molecule has 1 atom stereocenters. The van der Waals surface area contributed by atoms with Crippen LogP contribution in [0.5, 0.6) is 5.75 Å². The Kier molecular flexibility index (Phi) is 7.19. The number of primary amides is 1. The number of methoxy groups -OCH3 is 1. The lowest BCUT2D eigenvalue weighted by molar-refractivity contribution is -0.121. The van der Waals surface area contributed by atoms with E-state index >= 15 is 0 Å².